The van der Waals surface area contributed by atoms with E-state index in [0.717, 1.165) is 37.6 Å². The van der Waals surface area contributed by atoms with Gasteiger partial charge in [-0.3, -0.25) is 0 Å². The van der Waals surface area contributed by atoms with E-state index in [4.69, 9.17) is 9.47 Å². The van der Waals surface area contributed by atoms with Crippen LogP contribution in [0.2, 0.25) is 0 Å². The fourth-order valence-corrected chi connectivity index (χ4v) is 10.1. The largest absolute Gasteiger partial charge is 0.491 e. The van der Waals surface area contributed by atoms with Crippen molar-refractivity contribution in [3.05, 3.63) is 33.3 Å². The third-order valence-corrected chi connectivity index (χ3v) is 12.2. The summed E-state index contributed by atoms with van der Waals surface area (Å²) in [7, 11) is 0. The summed E-state index contributed by atoms with van der Waals surface area (Å²) >= 11 is 7.52. The molecule has 0 radical (unpaired) electrons. The van der Waals surface area contributed by atoms with Gasteiger partial charge >= 0.3 is 0 Å². The predicted octanol–water partition coefficient (Wildman–Crippen LogP) is 13.2. The van der Waals surface area contributed by atoms with Crippen molar-refractivity contribution in [2.75, 3.05) is 13.2 Å². The molecule has 0 saturated heterocycles. The zero-order valence-corrected chi connectivity index (χ0v) is 27.9. The van der Waals surface area contributed by atoms with E-state index in [1.54, 1.807) is 0 Å². The van der Waals surface area contributed by atoms with E-state index in [-0.39, 0.29) is 0 Å². The van der Waals surface area contributed by atoms with Gasteiger partial charge < -0.3 is 9.47 Å². The van der Waals surface area contributed by atoms with Crippen molar-refractivity contribution in [2.45, 2.75) is 105 Å². The second kappa shape index (κ2) is 14.5. The Morgan fingerprint density at radius 2 is 1.10 bits per heavy atom. The maximum Gasteiger partial charge on any atom is 0.146 e. The quantitative estimate of drug-likeness (QED) is 0.0973. The van der Waals surface area contributed by atoms with Gasteiger partial charge in [0.05, 0.1) is 32.2 Å². The molecule has 40 heavy (non-hydrogen) atoms. The van der Waals surface area contributed by atoms with Gasteiger partial charge in [-0.05, 0) is 44.9 Å². The Bertz CT molecular complexity index is 1440. The van der Waals surface area contributed by atoms with Gasteiger partial charge in [0, 0.05) is 36.2 Å². The van der Waals surface area contributed by atoms with E-state index in [1.165, 1.54) is 114 Å². The Hall–Kier alpha value is -1.60. The summed E-state index contributed by atoms with van der Waals surface area (Å²) < 4.78 is 17.3. The van der Waals surface area contributed by atoms with Crippen LogP contribution in [0.25, 0.3) is 40.0 Å². The molecule has 5 aromatic rings. The lowest BCUT2D eigenvalue weighted by Gasteiger charge is -2.14. The van der Waals surface area contributed by atoms with Gasteiger partial charge in [-0.25, -0.2) is 0 Å². The summed E-state index contributed by atoms with van der Waals surface area (Å²) in [6.45, 7) is 10.5. The van der Waals surface area contributed by atoms with Crippen LogP contribution in [0.5, 0.6) is 11.5 Å². The molecule has 0 fully saturated rings. The topological polar surface area (TPSA) is 18.5 Å². The van der Waals surface area contributed by atoms with E-state index < -0.39 is 0 Å². The molecular weight excluding hydrogens is 569 g/mol. The number of unbranched alkanes of at least 4 members (excludes halogenated alkanes) is 10. The van der Waals surface area contributed by atoms with Crippen molar-refractivity contribution in [3.63, 3.8) is 0 Å². The second-order valence-corrected chi connectivity index (χ2v) is 15.5. The van der Waals surface area contributed by atoms with E-state index in [2.05, 4.69) is 51.3 Å². The van der Waals surface area contributed by atoms with Crippen molar-refractivity contribution in [1.82, 2.24) is 0 Å². The van der Waals surface area contributed by atoms with Crippen LogP contribution in [0.1, 0.15) is 101 Å². The highest BCUT2D eigenvalue weighted by Gasteiger charge is 2.23. The van der Waals surface area contributed by atoms with Gasteiger partial charge in [-0.2, -0.15) is 0 Å². The minimum atomic E-state index is 0.782. The molecule has 0 amide bonds. The van der Waals surface area contributed by atoms with Crippen LogP contribution in [0.15, 0.2) is 23.6 Å². The molecule has 0 saturated carbocycles. The van der Waals surface area contributed by atoms with Crippen LogP contribution < -0.4 is 9.47 Å². The number of hydrogen-bond acceptors (Lipinski definition) is 6. The summed E-state index contributed by atoms with van der Waals surface area (Å²) in [5.74, 6) is 2.14. The van der Waals surface area contributed by atoms with E-state index in [0.29, 0.717) is 0 Å². The Balaban J connectivity index is 1.47. The van der Waals surface area contributed by atoms with Crippen LogP contribution >= 0.6 is 45.3 Å². The van der Waals surface area contributed by atoms with Crippen LogP contribution in [0, 0.1) is 13.8 Å². The lowest BCUT2D eigenvalue weighted by atomic mass is 10.1. The normalized spacial score (nSPS) is 11.9. The minimum Gasteiger partial charge on any atom is -0.491 e. The molecule has 0 aliphatic rings. The lowest BCUT2D eigenvalue weighted by Crippen LogP contribution is -2.00. The summed E-state index contributed by atoms with van der Waals surface area (Å²) in [5.41, 5.74) is 0. The van der Waals surface area contributed by atoms with Gasteiger partial charge in [0.1, 0.15) is 11.5 Å². The van der Waals surface area contributed by atoms with Crippen molar-refractivity contribution in [2.24, 2.45) is 0 Å². The van der Waals surface area contributed by atoms with Crippen molar-refractivity contribution in [3.8, 4) is 21.3 Å². The molecular formula is C34H44O2S4. The molecule has 0 spiro atoms. The molecule has 0 bridgehead atoms. The second-order valence-electron chi connectivity index (χ2n) is 11.1. The Morgan fingerprint density at radius 1 is 0.575 bits per heavy atom. The van der Waals surface area contributed by atoms with Crippen molar-refractivity contribution < 1.29 is 9.47 Å². The Kier molecular flexibility index (Phi) is 10.9. The first-order chi connectivity index (χ1) is 19.6. The van der Waals surface area contributed by atoms with E-state index in [9.17, 15) is 0 Å². The van der Waals surface area contributed by atoms with Gasteiger partial charge in [0.15, 0.2) is 0 Å². The molecule has 5 rings (SSSR count). The van der Waals surface area contributed by atoms with Gasteiger partial charge in [-0.1, -0.05) is 78.1 Å². The zero-order chi connectivity index (χ0) is 27.9. The molecule has 1 aromatic carbocycles. The highest BCUT2D eigenvalue weighted by atomic mass is 32.1. The molecule has 2 nitrogen and oxygen atoms in total. The number of rotatable bonds is 17. The molecule has 0 aliphatic carbocycles. The van der Waals surface area contributed by atoms with E-state index >= 15 is 0 Å². The fourth-order valence-electron chi connectivity index (χ4n) is 5.48. The molecule has 4 aromatic heterocycles. The van der Waals surface area contributed by atoms with Crippen LogP contribution in [0.3, 0.4) is 0 Å². The van der Waals surface area contributed by atoms with E-state index in [1.807, 2.05) is 45.3 Å². The third kappa shape index (κ3) is 6.88. The zero-order valence-electron chi connectivity index (χ0n) is 24.7. The summed E-state index contributed by atoms with van der Waals surface area (Å²) in [6, 6.07) is 7.03. The third-order valence-electron chi connectivity index (χ3n) is 7.60. The number of thiophene rings is 4. The number of benzene rings is 1. The SMILES string of the molecule is CCCCCCCCOc1c2cc(-c3scc4cc(C)sc34)sc2c(OCCCCCCCC)c2cc(C)sc12. The maximum atomic E-state index is 6.68. The average Bonchev–Trinajstić information content (AvgIpc) is 3.71. The summed E-state index contributed by atoms with van der Waals surface area (Å²) in [6.07, 6.45) is 15.3. The monoisotopic (exact) mass is 612 g/mol. The Morgan fingerprint density at radius 3 is 1.75 bits per heavy atom. The van der Waals surface area contributed by atoms with Gasteiger partial charge in [0.25, 0.3) is 0 Å². The van der Waals surface area contributed by atoms with Gasteiger partial charge in [-0.15, -0.1) is 45.3 Å². The number of aryl methyl sites for hydroxylation is 2. The predicted molar refractivity (Wildman–Crippen MR) is 183 cm³/mol. The highest BCUT2D eigenvalue weighted by molar-refractivity contribution is 7.30. The summed E-state index contributed by atoms with van der Waals surface area (Å²) in [5, 5.41) is 6.14. The van der Waals surface area contributed by atoms with Crippen molar-refractivity contribution >= 4 is 75.6 Å². The van der Waals surface area contributed by atoms with Gasteiger partial charge in [0.2, 0.25) is 0 Å². The Labute approximate surface area is 256 Å². The number of hydrogen-bond donors (Lipinski definition) is 0. The number of fused-ring (bicyclic) bond motifs is 3. The van der Waals surface area contributed by atoms with Crippen LogP contribution in [0.4, 0.5) is 0 Å². The lowest BCUT2D eigenvalue weighted by molar-refractivity contribution is 0.307. The maximum absolute atomic E-state index is 6.68. The smallest absolute Gasteiger partial charge is 0.146 e. The average molecular weight is 613 g/mol. The molecule has 0 atom stereocenters. The number of ether oxygens (including phenoxy) is 2. The molecule has 0 N–H and O–H groups in total. The first-order valence-corrected chi connectivity index (χ1v) is 18.7. The highest BCUT2D eigenvalue weighted by Crippen LogP contribution is 2.53. The first kappa shape index (κ1) is 29.9. The standard InChI is InChI=1S/C34H44O2S4/c1-5-7-9-11-13-15-17-35-29-26-20-24(4)39-32(26)30(36-18-16-14-12-10-8-6-2)27-21-28(40-33(27)29)34-31-25(22-37-34)19-23(3)38-31/h19-22H,5-18H2,1-4H3. The summed E-state index contributed by atoms with van der Waals surface area (Å²) in [4.78, 5) is 5.41. The van der Waals surface area contributed by atoms with Crippen molar-refractivity contribution in [1.29, 1.82) is 0 Å². The molecule has 4 heterocycles. The fraction of sp³-hybridized carbons (Fsp3) is 0.529. The molecule has 216 valence electrons. The molecule has 6 heteroatoms. The molecule has 0 unspecified atom stereocenters. The minimum absolute atomic E-state index is 0.782. The first-order valence-electron chi connectivity index (χ1n) is 15.3. The molecule has 0 aliphatic heterocycles. The van der Waals surface area contributed by atoms with Crippen LogP contribution in [-0.2, 0) is 0 Å². The van der Waals surface area contributed by atoms with Crippen LogP contribution in [-0.4, -0.2) is 13.2 Å².